The molecule has 1 unspecified atom stereocenters. The molecule has 1 heteroatoms. The van der Waals surface area contributed by atoms with Crippen LogP contribution in [0.3, 0.4) is 0 Å². The van der Waals surface area contributed by atoms with Crippen LogP contribution in [0.5, 0.6) is 0 Å². The van der Waals surface area contributed by atoms with Gasteiger partial charge in [-0.25, -0.2) is 0 Å². The minimum Gasteiger partial charge on any atom is -0.0885 e. The van der Waals surface area contributed by atoms with Crippen LogP contribution in [0.4, 0.5) is 0 Å². The molecule has 0 heterocycles. The lowest BCUT2D eigenvalue weighted by Gasteiger charge is -2.15. The van der Waals surface area contributed by atoms with E-state index in [0.717, 1.165) is 19.3 Å². The molecule has 0 spiro atoms. The molecule has 1 atom stereocenters. The summed E-state index contributed by atoms with van der Waals surface area (Å²) in [6.07, 6.45) is 8.75. The Morgan fingerprint density at radius 3 is 3.33 bits per heavy atom. The predicted octanol–water partition coefficient (Wildman–Crippen LogP) is 1.52. The van der Waals surface area contributed by atoms with Gasteiger partial charge in [-0.3, -0.25) is 0 Å². The molecule has 0 N–H and O–H groups in total. The highest BCUT2D eigenvalue weighted by Gasteiger charge is 2.06. The van der Waals surface area contributed by atoms with Crippen LogP contribution in [0.15, 0.2) is 12.2 Å². The predicted molar refractivity (Wildman–Crippen MR) is 45.8 cm³/mol. The summed E-state index contributed by atoms with van der Waals surface area (Å²) >= 11 is 0. The Morgan fingerprint density at radius 1 is 1.67 bits per heavy atom. The van der Waals surface area contributed by atoms with Gasteiger partial charge in [-0.2, -0.15) is 0 Å². The van der Waals surface area contributed by atoms with Crippen molar-refractivity contribution in [3.8, 4) is 0 Å². The highest BCUT2D eigenvalue weighted by atomic mass is 28.1. The lowest BCUT2D eigenvalue weighted by atomic mass is 9.92. The van der Waals surface area contributed by atoms with Crippen LogP contribution < -0.4 is 0 Å². The molecular weight excluding hydrogens is 124 g/mol. The largest absolute Gasteiger partial charge is 0.0885 e. The summed E-state index contributed by atoms with van der Waals surface area (Å²) in [5.41, 5.74) is 0. The number of hydrogen-bond acceptors (Lipinski definition) is 0. The molecule has 1 aliphatic carbocycles. The fourth-order valence-corrected chi connectivity index (χ4v) is 1.73. The van der Waals surface area contributed by atoms with Crippen molar-refractivity contribution in [2.75, 3.05) is 0 Å². The highest BCUT2D eigenvalue weighted by Crippen LogP contribution is 2.21. The molecule has 0 fully saturated rings. The molecule has 0 aromatic rings. The normalized spacial score (nSPS) is 32.9. The van der Waals surface area contributed by atoms with Gasteiger partial charge >= 0.3 is 0 Å². The average molecular weight is 146 g/mol. The highest BCUT2D eigenvalue weighted by molar-refractivity contribution is 6.08. The average Bonchev–Trinajstić information content (AvgIpc) is 2.02. The lowest BCUT2D eigenvalue weighted by molar-refractivity contribution is 0.465. The first kappa shape index (κ1) is 3.97. The molecule has 0 bridgehead atoms. The van der Waals surface area contributed by atoms with E-state index in [4.69, 9.17) is 3.70 Å². The van der Waals surface area contributed by atoms with Crippen molar-refractivity contribution < 1.29 is 0 Å². The summed E-state index contributed by atoms with van der Waals surface area (Å²) in [5, 5.41) is 0. The van der Waals surface area contributed by atoms with Gasteiger partial charge in [0.25, 0.3) is 0 Å². The molecule has 0 aromatic carbocycles. The van der Waals surface area contributed by atoms with Crippen molar-refractivity contribution in [3.05, 3.63) is 12.2 Å². The smallest absolute Gasteiger partial charge is 0.00729 e. The summed E-state index contributed by atoms with van der Waals surface area (Å²) in [7, 11) is -3.02. The second kappa shape index (κ2) is 3.88. The molecule has 0 radical (unpaired) electrons. The summed E-state index contributed by atoms with van der Waals surface area (Å²) in [4.78, 5) is 0. The molecule has 0 saturated carbocycles. The monoisotopic (exact) mass is 146 g/mol. The fraction of sp³-hybridized carbons (Fsp3) is 0.750. The van der Waals surface area contributed by atoms with Gasteiger partial charge < -0.3 is 0 Å². The van der Waals surface area contributed by atoms with Gasteiger partial charge in [-0.15, -0.1) is 0 Å². The Hall–Kier alpha value is -0.0431. The van der Waals surface area contributed by atoms with E-state index in [0.29, 0.717) is 12.0 Å². The van der Waals surface area contributed by atoms with Crippen molar-refractivity contribution in [3.63, 3.8) is 0 Å². The first-order chi connectivity index (χ1) is 5.58. The summed E-state index contributed by atoms with van der Waals surface area (Å²) in [6.45, 7) is 0. The third-order valence-electron chi connectivity index (χ3n) is 1.93. The van der Waals surface area contributed by atoms with Gasteiger partial charge in [0.1, 0.15) is 0 Å². The first-order valence-electron chi connectivity index (χ1n) is 5.23. The Kier molecular flexibility index (Phi) is 1.71. The zero-order valence-electron chi connectivity index (χ0n) is 8.77. The molecule has 9 heavy (non-hydrogen) atoms. The minimum atomic E-state index is -3.02. The van der Waals surface area contributed by atoms with Crippen molar-refractivity contribution >= 4 is 10.0 Å². The van der Waals surface area contributed by atoms with Gasteiger partial charge in [-0.05, 0) is 25.2 Å². The molecule has 0 aliphatic heterocycles. The second-order valence-electron chi connectivity index (χ2n) is 2.69. The van der Waals surface area contributed by atoms with E-state index in [1.165, 1.54) is 6.42 Å². The Bertz CT molecular complexity index is 162. The second-order valence-corrected chi connectivity index (χ2v) is 3.19. The quantitative estimate of drug-likeness (QED) is 0.418. The number of allylic oxidation sites excluding steroid dienone is 2. The standard InChI is InChI=1S/C8H16Si/c9-7-6-8-4-2-1-3-5-8/h1-2,8H,3-7H2,9H3/i9T3. The van der Waals surface area contributed by atoms with Gasteiger partial charge in [0.15, 0.2) is 0 Å². The van der Waals surface area contributed by atoms with Gasteiger partial charge in [0, 0.05) is 13.7 Å². The zero-order chi connectivity index (χ0) is 9.03. The van der Waals surface area contributed by atoms with Crippen molar-refractivity contribution in [2.24, 2.45) is 5.92 Å². The van der Waals surface area contributed by atoms with Gasteiger partial charge in [0.05, 0.1) is 0 Å². The molecular formula is C8H16Si. The maximum absolute atomic E-state index is 7.20. The van der Waals surface area contributed by atoms with Crippen molar-refractivity contribution in [1.82, 2.24) is 0 Å². The molecule has 52 valence electrons. The van der Waals surface area contributed by atoms with Gasteiger partial charge in [0.2, 0.25) is 0 Å². The van der Waals surface area contributed by atoms with E-state index in [2.05, 4.69) is 12.2 Å². The van der Waals surface area contributed by atoms with Crippen molar-refractivity contribution in [2.45, 2.75) is 31.7 Å². The van der Waals surface area contributed by atoms with Crippen LogP contribution in [0.1, 0.15) is 25.7 Å². The third-order valence-corrected chi connectivity index (χ3v) is 2.22. The maximum atomic E-state index is 7.20. The van der Waals surface area contributed by atoms with Crippen LogP contribution in [0, 0.1) is 5.92 Å². The van der Waals surface area contributed by atoms with E-state index in [1.807, 2.05) is 0 Å². The molecule has 0 amide bonds. The number of rotatable bonds is 3. The van der Waals surface area contributed by atoms with Crippen LogP contribution in [-0.2, 0) is 0 Å². The summed E-state index contributed by atoms with van der Waals surface area (Å²) in [6, 6.07) is 0.519. The summed E-state index contributed by atoms with van der Waals surface area (Å²) < 4.78 is 21.6. The van der Waals surface area contributed by atoms with Crippen LogP contribution in [0.25, 0.3) is 0 Å². The van der Waals surface area contributed by atoms with Crippen LogP contribution >= 0.6 is 0 Å². The molecule has 0 saturated heterocycles. The molecule has 0 aromatic heterocycles. The molecule has 1 aliphatic rings. The van der Waals surface area contributed by atoms with Crippen LogP contribution in [0.2, 0.25) is 6.04 Å². The lowest BCUT2D eigenvalue weighted by Crippen LogP contribution is -2.01. The molecule has 0 nitrogen and oxygen atoms in total. The van der Waals surface area contributed by atoms with E-state index in [-0.39, 0.29) is 0 Å². The Labute approximate surface area is 64.4 Å². The molecule has 1 rings (SSSR count). The maximum Gasteiger partial charge on any atom is 0.00729 e. The fourth-order valence-electron chi connectivity index (χ4n) is 1.32. The first-order valence-corrected chi connectivity index (χ1v) is 4.44. The number of hydrogen-bond donors (Lipinski definition) is 0. The van der Waals surface area contributed by atoms with E-state index in [9.17, 15) is 0 Å². The minimum absolute atomic E-state index is 0.519. The van der Waals surface area contributed by atoms with Crippen molar-refractivity contribution in [1.29, 1.82) is 3.70 Å². The topological polar surface area (TPSA) is 0 Å². The van der Waals surface area contributed by atoms with E-state index < -0.39 is 10.0 Å². The zero-order valence-corrected chi connectivity index (χ0v) is 6.77. The van der Waals surface area contributed by atoms with Crippen LogP contribution in [-0.4, -0.2) is 13.7 Å². The SMILES string of the molecule is [3H][Si]([3H])([3H])CCC1CC=CCC1. The van der Waals surface area contributed by atoms with Gasteiger partial charge in [-0.1, -0.05) is 24.6 Å². The Balaban J connectivity index is 2.19. The third kappa shape index (κ3) is 2.35. The van der Waals surface area contributed by atoms with E-state index in [1.54, 1.807) is 0 Å². The van der Waals surface area contributed by atoms with E-state index >= 15 is 0 Å². The Morgan fingerprint density at radius 2 is 2.67 bits per heavy atom. The summed E-state index contributed by atoms with van der Waals surface area (Å²) in [5.74, 6) is 0.655.